The molecule has 116 valence electrons. The zero-order chi connectivity index (χ0) is 15.9. The first-order chi connectivity index (χ1) is 11.3. The van der Waals surface area contributed by atoms with Gasteiger partial charge in [0.2, 0.25) is 5.91 Å². The van der Waals surface area contributed by atoms with Gasteiger partial charge < -0.3 is 5.32 Å². The summed E-state index contributed by atoms with van der Waals surface area (Å²) in [5.74, 6) is -0.172. The number of hydrogen-bond donors (Lipinski definition) is 1. The summed E-state index contributed by atoms with van der Waals surface area (Å²) >= 11 is 1.48. The number of benzene rings is 1. The average Bonchev–Trinajstić information content (AvgIpc) is 3.27. The molecule has 0 bridgehead atoms. The highest BCUT2D eigenvalue weighted by Crippen LogP contribution is 2.14. The van der Waals surface area contributed by atoms with E-state index in [0.29, 0.717) is 6.54 Å². The van der Waals surface area contributed by atoms with Crippen molar-refractivity contribution in [3.05, 3.63) is 71.2 Å². The minimum Gasteiger partial charge on any atom is -0.344 e. The van der Waals surface area contributed by atoms with Gasteiger partial charge in [-0.15, -0.1) is 11.3 Å². The second-order valence-corrected chi connectivity index (χ2v) is 5.72. The lowest BCUT2D eigenvalue weighted by Gasteiger charge is -2.18. The van der Waals surface area contributed by atoms with Gasteiger partial charge in [-0.05, 0) is 11.6 Å². The SMILES string of the molecule is O=C(/C=C\c1nccs1)N[C@@H](Cn1cncn1)c1ccccc1. The van der Waals surface area contributed by atoms with Crippen molar-refractivity contribution in [3.8, 4) is 0 Å². The van der Waals surface area contributed by atoms with Crippen LogP contribution in [0.5, 0.6) is 0 Å². The van der Waals surface area contributed by atoms with Gasteiger partial charge in [0.05, 0.1) is 12.6 Å². The number of carbonyl (C=O) groups excluding carboxylic acids is 1. The van der Waals surface area contributed by atoms with Gasteiger partial charge in [0.1, 0.15) is 17.7 Å². The molecule has 0 radical (unpaired) electrons. The number of hydrogen-bond acceptors (Lipinski definition) is 5. The molecule has 3 rings (SSSR count). The zero-order valence-corrected chi connectivity index (χ0v) is 13.1. The molecule has 0 saturated carbocycles. The van der Waals surface area contributed by atoms with Gasteiger partial charge in [0.25, 0.3) is 0 Å². The first-order valence-corrected chi connectivity index (χ1v) is 7.94. The predicted octanol–water partition coefficient (Wildman–Crippen LogP) is 2.31. The molecule has 0 spiro atoms. The third-order valence-electron chi connectivity index (χ3n) is 3.18. The topological polar surface area (TPSA) is 72.7 Å². The molecular formula is C16H15N5OS. The van der Waals surface area contributed by atoms with Gasteiger partial charge in [-0.1, -0.05) is 30.3 Å². The van der Waals surface area contributed by atoms with Gasteiger partial charge in [-0.2, -0.15) is 5.10 Å². The molecule has 0 saturated heterocycles. The van der Waals surface area contributed by atoms with Crippen molar-refractivity contribution in [2.24, 2.45) is 0 Å². The summed E-state index contributed by atoms with van der Waals surface area (Å²) in [6, 6.07) is 9.60. The largest absolute Gasteiger partial charge is 0.344 e. The summed E-state index contributed by atoms with van der Waals surface area (Å²) < 4.78 is 1.70. The Kier molecular flexibility index (Phi) is 4.90. The van der Waals surface area contributed by atoms with E-state index >= 15 is 0 Å². The molecule has 2 aromatic heterocycles. The Bertz CT molecular complexity index is 753. The predicted molar refractivity (Wildman–Crippen MR) is 88.5 cm³/mol. The van der Waals surface area contributed by atoms with Crippen LogP contribution < -0.4 is 5.32 Å². The summed E-state index contributed by atoms with van der Waals surface area (Å²) in [6.45, 7) is 0.515. The van der Waals surface area contributed by atoms with Crippen LogP contribution in [0.15, 0.2) is 60.6 Å². The number of nitrogens with zero attached hydrogens (tertiary/aromatic N) is 4. The molecule has 0 aliphatic heterocycles. The van der Waals surface area contributed by atoms with Crippen molar-refractivity contribution >= 4 is 23.3 Å². The van der Waals surface area contributed by atoms with E-state index in [9.17, 15) is 4.79 Å². The van der Waals surface area contributed by atoms with E-state index in [2.05, 4.69) is 20.4 Å². The highest BCUT2D eigenvalue weighted by molar-refractivity contribution is 7.10. The Morgan fingerprint density at radius 2 is 2.22 bits per heavy atom. The number of aromatic nitrogens is 4. The second kappa shape index (κ2) is 7.46. The second-order valence-electron chi connectivity index (χ2n) is 4.79. The number of rotatable bonds is 6. The van der Waals surface area contributed by atoms with Crippen molar-refractivity contribution in [3.63, 3.8) is 0 Å². The maximum Gasteiger partial charge on any atom is 0.244 e. The van der Waals surface area contributed by atoms with Crippen LogP contribution in [0, 0.1) is 0 Å². The molecule has 2 heterocycles. The molecule has 23 heavy (non-hydrogen) atoms. The Balaban J connectivity index is 1.71. The Morgan fingerprint density at radius 3 is 2.91 bits per heavy atom. The van der Waals surface area contributed by atoms with Crippen LogP contribution in [-0.4, -0.2) is 25.7 Å². The number of thiazole rings is 1. The third kappa shape index (κ3) is 4.33. The highest BCUT2D eigenvalue weighted by atomic mass is 32.1. The summed E-state index contributed by atoms with van der Waals surface area (Å²) in [7, 11) is 0. The molecule has 1 aromatic carbocycles. The maximum atomic E-state index is 12.2. The maximum absolute atomic E-state index is 12.2. The van der Waals surface area contributed by atoms with Crippen molar-refractivity contribution in [2.75, 3.05) is 0 Å². The van der Waals surface area contributed by atoms with Crippen LogP contribution in [0.1, 0.15) is 16.6 Å². The minimum atomic E-state index is -0.189. The molecule has 1 amide bonds. The quantitative estimate of drug-likeness (QED) is 0.706. The van der Waals surface area contributed by atoms with E-state index in [0.717, 1.165) is 10.6 Å². The smallest absolute Gasteiger partial charge is 0.244 e. The van der Waals surface area contributed by atoms with Crippen LogP contribution in [0.4, 0.5) is 0 Å². The summed E-state index contributed by atoms with van der Waals surface area (Å²) in [4.78, 5) is 20.2. The van der Waals surface area contributed by atoms with Crippen LogP contribution in [0.3, 0.4) is 0 Å². The molecule has 3 aromatic rings. The number of amides is 1. The summed E-state index contributed by atoms with van der Waals surface area (Å²) in [5, 5.41) is 9.77. The normalized spacial score (nSPS) is 12.3. The molecule has 6 nitrogen and oxygen atoms in total. The fourth-order valence-corrected chi connectivity index (χ4v) is 2.65. The number of nitrogens with one attached hydrogen (secondary N) is 1. The lowest BCUT2D eigenvalue weighted by Crippen LogP contribution is -2.30. The van der Waals surface area contributed by atoms with Crippen LogP contribution in [-0.2, 0) is 11.3 Å². The Labute approximate surface area is 137 Å². The lowest BCUT2D eigenvalue weighted by atomic mass is 10.1. The average molecular weight is 325 g/mol. The summed E-state index contributed by atoms with van der Waals surface area (Å²) in [5.41, 5.74) is 1.01. The molecule has 0 unspecified atom stereocenters. The van der Waals surface area contributed by atoms with Crippen LogP contribution in [0.25, 0.3) is 6.08 Å². The standard InChI is InChI=1S/C16H15N5OS/c22-15(6-7-16-18-8-9-23-16)20-14(10-21-12-17-11-19-21)13-4-2-1-3-5-13/h1-9,11-12,14H,10H2,(H,20,22)/b7-6-/t14-/m0/s1. The van der Waals surface area contributed by atoms with Crippen LogP contribution in [0.2, 0.25) is 0 Å². The van der Waals surface area contributed by atoms with E-state index in [-0.39, 0.29) is 11.9 Å². The van der Waals surface area contributed by atoms with Gasteiger partial charge in [0.15, 0.2) is 0 Å². The first kappa shape index (κ1) is 15.1. The molecule has 1 N–H and O–H groups in total. The molecular weight excluding hydrogens is 310 g/mol. The highest BCUT2D eigenvalue weighted by Gasteiger charge is 2.14. The Morgan fingerprint density at radius 1 is 1.35 bits per heavy atom. The number of carbonyl (C=O) groups is 1. The van der Waals surface area contributed by atoms with Gasteiger partial charge in [0, 0.05) is 17.7 Å². The van der Waals surface area contributed by atoms with E-state index < -0.39 is 0 Å². The van der Waals surface area contributed by atoms with Gasteiger partial charge in [-0.25, -0.2) is 9.97 Å². The van der Waals surface area contributed by atoms with Crippen molar-refractivity contribution < 1.29 is 4.79 Å². The fraction of sp³-hybridized carbons (Fsp3) is 0.125. The molecule has 0 aliphatic rings. The van der Waals surface area contributed by atoms with Crippen molar-refractivity contribution in [2.45, 2.75) is 12.6 Å². The first-order valence-electron chi connectivity index (χ1n) is 7.07. The fourth-order valence-electron chi connectivity index (χ4n) is 2.12. The van der Waals surface area contributed by atoms with Crippen molar-refractivity contribution in [1.82, 2.24) is 25.1 Å². The lowest BCUT2D eigenvalue weighted by molar-refractivity contribution is -0.117. The monoisotopic (exact) mass is 325 g/mol. The van der Waals surface area contributed by atoms with E-state index in [4.69, 9.17) is 0 Å². The van der Waals surface area contributed by atoms with E-state index in [1.54, 1.807) is 23.3 Å². The van der Waals surface area contributed by atoms with Crippen LogP contribution >= 0.6 is 11.3 Å². The van der Waals surface area contributed by atoms with Gasteiger partial charge >= 0.3 is 0 Å². The van der Waals surface area contributed by atoms with E-state index in [1.165, 1.54) is 23.7 Å². The molecule has 1 atom stereocenters. The molecule has 7 heteroatoms. The summed E-state index contributed by atoms with van der Waals surface area (Å²) in [6.07, 6.45) is 8.02. The molecule has 0 aliphatic carbocycles. The van der Waals surface area contributed by atoms with E-state index in [1.807, 2.05) is 35.7 Å². The third-order valence-corrected chi connectivity index (χ3v) is 3.92. The minimum absolute atomic E-state index is 0.172. The zero-order valence-electron chi connectivity index (χ0n) is 12.2. The molecule has 0 fully saturated rings. The Hall–Kier alpha value is -2.80. The van der Waals surface area contributed by atoms with Crippen molar-refractivity contribution in [1.29, 1.82) is 0 Å². The van der Waals surface area contributed by atoms with Gasteiger partial charge in [-0.3, -0.25) is 9.48 Å².